The number of urea groups is 1. The number of piperidine rings is 1. The summed E-state index contributed by atoms with van der Waals surface area (Å²) >= 11 is 0. The number of para-hydroxylation sites is 2. The molecule has 1 saturated heterocycles. The van der Waals surface area contributed by atoms with Crippen LogP contribution in [0.4, 0.5) is 18.0 Å². The summed E-state index contributed by atoms with van der Waals surface area (Å²) in [6.45, 7) is 1.75. The van der Waals surface area contributed by atoms with Crippen molar-refractivity contribution in [2.45, 2.75) is 32.1 Å². The Labute approximate surface area is 172 Å². The third-order valence-corrected chi connectivity index (χ3v) is 5.54. The lowest BCUT2D eigenvalue weighted by Gasteiger charge is -2.32. The number of imidazole rings is 1. The Morgan fingerprint density at radius 1 is 1.03 bits per heavy atom. The van der Waals surface area contributed by atoms with Gasteiger partial charge in [0.25, 0.3) is 0 Å². The average Bonchev–Trinajstić information content (AvgIpc) is 3.12. The van der Waals surface area contributed by atoms with Crippen LogP contribution in [0.2, 0.25) is 0 Å². The maximum Gasteiger partial charge on any atom is 0.449 e. The predicted molar refractivity (Wildman–Crippen MR) is 108 cm³/mol. The second kappa shape index (κ2) is 8.38. The van der Waals surface area contributed by atoms with E-state index in [1.165, 1.54) is 4.57 Å². The molecule has 1 fully saturated rings. The van der Waals surface area contributed by atoms with Crippen LogP contribution in [0.5, 0.6) is 0 Å². The molecule has 1 aromatic heterocycles. The molecule has 8 heteroatoms. The van der Waals surface area contributed by atoms with Gasteiger partial charge in [-0.05, 0) is 36.5 Å². The van der Waals surface area contributed by atoms with Crippen molar-refractivity contribution in [3.63, 3.8) is 0 Å². The van der Waals surface area contributed by atoms with Gasteiger partial charge < -0.3 is 14.8 Å². The number of alkyl halides is 3. The van der Waals surface area contributed by atoms with E-state index in [0.29, 0.717) is 43.5 Å². The highest BCUT2D eigenvalue weighted by Gasteiger charge is 2.38. The highest BCUT2D eigenvalue weighted by atomic mass is 19.4. The molecule has 0 radical (unpaired) electrons. The van der Waals surface area contributed by atoms with Crippen molar-refractivity contribution in [2.75, 3.05) is 13.1 Å². The topological polar surface area (TPSA) is 50.2 Å². The van der Waals surface area contributed by atoms with Gasteiger partial charge in [-0.15, -0.1) is 0 Å². The normalized spacial score (nSPS) is 15.5. The fourth-order valence-corrected chi connectivity index (χ4v) is 3.94. The number of amides is 2. The molecule has 2 heterocycles. The molecule has 3 aromatic rings. The minimum Gasteiger partial charge on any atom is -0.334 e. The van der Waals surface area contributed by atoms with Crippen LogP contribution in [-0.4, -0.2) is 33.6 Å². The van der Waals surface area contributed by atoms with Crippen molar-refractivity contribution in [1.82, 2.24) is 19.8 Å². The van der Waals surface area contributed by atoms with E-state index in [0.717, 1.165) is 5.56 Å². The number of nitrogens with zero attached hydrogens (tertiary/aromatic N) is 3. The minimum atomic E-state index is -4.50. The summed E-state index contributed by atoms with van der Waals surface area (Å²) < 4.78 is 41.7. The maximum atomic E-state index is 13.5. The summed E-state index contributed by atoms with van der Waals surface area (Å²) in [5.41, 5.74) is 1.86. The van der Waals surface area contributed by atoms with Crippen LogP contribution in [0.1, 0.15) is 24.2 Å². The number of carbonyl (C=O) groups is 1. The molecule has 2 aromatic carbocycles. The number of nitrogens with one attached hydrogen (secondary N) is 1. The van der Waals surface area contributed by atoms with E-state index in [1.807, 2.05) is 30.3 Å². The first-order chi connectivity index (χ1) is 14.4. The average molecular weight is 416 g/mol. The lowest BCUT2D eigenvalue weighted by Crippen LogP contribution is -2.44. The Kier molecular flexibility index (Phi) is 5.65. The Hall–Kier alpha value is -3.03. The number of rotatable bonds is 4. The number of aromatic nitrogens is 2. The Balaban J connectivity index is 1.38. The zero-order valence-corrected chi connectivity index (χ0v) is 16.4. The van der Waals surface area contributed by atoms with Crippen LogP contribution in [0.3, 0.4) is 0 Å². The molecule has 4 rings (SSSR count). The second-order valence-corrected chi connectivity index (χ2v) is 7.61. The molecule has 158 valence electrons. The van der Waals surface area contributed by atoms with Gasteiger partial charge in [-0.3, -0.25) is 0 Å². The second-order valence-electron chi connectivity index (χ2n) is 7.61. The lowest BCUT2D eigenvalue weighted by molar-refractivity contribution is -0.147. The Morgan fingerprint density at radius 3 is 2.40 bits per heavy atom. The number of halogens is 3. The van der Waals surface area contributed by atoms with E-state index in [-0.39, 0.29) is 18.5 Å². The van der Waals surface area contributed by atoms with Crippen LogP contribution in [-0.2, 0) is 19.3 Å². The van der Waals surface area contributed by atoms with Crippen molar-refractivity contribution in [1.29, 1.82) is 0 Å². The van der Waals surface area contributed by atoms with E-state index in [2.05, 4.69) is 10.3 Å². The molecule has 0 spiro atoms. The third kappa shape index (κ3) is 4.42. The van der Waals surface area contributed by atoms with E-state index < -0.39 is 12.0 Å². The zero-order valence-electron chi connectivity index (χ0n) is 16.4. The molecule has 0 aliphatic carbocycles. The zero-order chi connectivity index (χ0) is 21.1. The van der Waals surface area contributed by atoms with Gasteiger partial charge in [-0.25, -0.2) is 9.78 Å². The predicted octanol–water partition coefficient (Wildman–Crippen LogP) is 4.68. The first kappa shape index (κ1) is 20.3. The van der Waals surface area contributed by atoms with E-state index in [4.69, 9.17) is 0 Å². The van der Waals surface area contributed by atoms with Gasteiger partial charge in [0.2, 0.25) is 5.82 Å². The van der Waals surface area contributed by atoms with Gasteiger partial charge in [0.15, 0.2) is 0 Å². The smallest absolute Gasteiger partial charge is 0.334 e. The third-order valence-electron chi connectivity index (χ3n) is 5.54. The molecule has 1 N–H and O–H groups in total. The number of carbonyl (C=O) groups excluding carboxylic acids is 1. The monoisotopic (exact) mass is 416 g/mol. The molecular weight excluding hydrogens is 393 g/mol. The van der Waals surface area contributed by atoms with E-state index in [9.17, 15) is 18.0 Å². The molecule has 0 unspecified atom stereocenters. The van der Waals surface area contributed by atoms with Gasteiger partial charge in [0, 0.05) is 26.2 Å². The first-order valence-electron chi connectivity index (χ1n) is 10.0. The Bertz CT molecular complexity index is 1010. The van der Waals surface area contributed by atoms with Crippen LogP contribution in [0, 0.1) is 5.92 Å². The van der Waals surface area contributed by atoms with Gasteiger partial charge in [-0.1, -0.05) is 42.5 Å². The van der Waals surface area contributed by atoms with Crippen molar-refractivity contribution in [3.8, 4) is 0 Å². The molecule has 2 amide bonds. The molecule has 0 bridgehead atoms. The van der Waals surface area contributed by atoms with Crippen LogP contribution >= 0.6 is 0 Å². The fourth-order valence-electron chi connectivity index (χ4n) is 3.94. The summed E-state index contributed by atoms with van der Waals surface area (Å²) in [5, 5.41) is 2.91. The van der Waals surface area contributed by atoms with Gasteiger partial charge >= 0.3 is 12.2 Å². The van der Waals surface area contributed by atoms with Crippen LogP contribution in [0.15, 0.2) is 54.6 Å². The lowest BCUT2D eigenvalue weighted by atomic mass is 9.96. The molecule has 0 saturated carbocycles. The highest BCUT2D eigenvalue weighted by Crippen LogP contribution is 2.33. The molecule has 30 heavy (non-hydrogen) atoms. The highest BCUT2D eigenvalue weighted by molar-refractivity contribution is 5.76. The van der Waals surface area contributed by atoms with Gasteiger partial charge in [0.1, 0.15) is 0 Å². The summed E-state index contributed by atoms with van der Waals surface area (Å²) in [7, 11) is 0. The largest absolute Gasteiger partial charge is 0.449 e. The number of hydrogen-bond acceptors (Lipinski definition) is 2. The summed E-state index contributed by atoms with van der Waals surface area (Å²) in [4.78, 5) is 17.9. The van der Waals surface area contributed by atoms with Crippen molar-refractivity contribution in [2.24, 2.45) is 5.92 Å². The van der Waals surface area contributed by atoms with Crippen molar-refractivity contribution >= 4 is 17.1 Å². The SMILES string of the molecule is O=C(NCc1ccccc1)N1CCC(Cn2c(C(F)(F)F)nc3ccccc32)CC1. The maximum absolute atomic E-state index is 13.5. The molecule has 1 aliphatic rings. The molecule has 1 aliphatic heterocycles. The first-order valence-corrected chi connectivity index (χ1v) is 10.0. The van der Waals surface area contributed by atoms with Gasteiger partial charge in [-0.2, -0.15) is 13.2 Å². The number of hydrogen-bond donors (Lipinski definition) is 1. The quantitative estimate of drug-likeness (QED) is 0.672. The summed E-state index contributed by atoms with van der Waals surface area (Å²) in [6.07, 6.45) is -3.19. The van der Waals surface area contributed by atoms with Crippen LogP contribution < -0.4 is 5.32 Å². The summed E-state index contributed by atoms with van der Waals surface area (Å²) in [6, 6.07) is 16.2. The standard InChI is InChI=1S/C22H23F3N4O/c23-22(24,25)20-27-18-8-4-5-9-19(18)29(20)15-17-10-12-28(13-11-17)21(30)26-14-16-6-2-1-3-7-16/h1-9,17H,10-15H2,(H,26,30). The molecule has 0 atom stereocenters. The minimum absolute atomic E-state index is 0.0573. The summed E-state index contributed by atoms with van der Waals surface area (Å²) in [5.74, 6) is -0.798. The Morgan fingerprint density at radius 2 is 1.70 bits per heavy atom. The number of fused-ring (bicyclic) bond motifs is 1. The number of benzene rings is 2. The van der Waals surface area contributed by atoms with Crippen molar-refractivity contribution < 1.29 is 18.0 Å². The number of likely N-dealkylation sites (tertiary alicyclic amines) is 1. The van der Waals surface area contributed by atoms with E-state index >= 15 is 0 Å². The molecular formula is C22H23F3N4O. The van der Waals surface area contributed by atoms with Gasteiger partial charge in [0.05, 0.1) is 11.0 Å². The van der Waals surface area contributed by atoms with Crippen LogP contribution in [0.25, 0.3) is 11.0 Å². The fraction of sp³-hybridized carbons (Fsp3) is 0.364. The molecule has 5 nitrogen and oxygen atoms in total. The van der Waals surface area contributed by atoms with Crippen molar-refractivity contribution in [3.05, 3.63) is 66.0 Å². The van der Waals surface area contributed by atoms with E-state index in [1.54, 1.807) is 29.2 Å².